The fourth-order valence-electron chi connectivity index (χ4n) is 1.54. The zero-order valence-corrected chi connectivity index (χ0v) is 13.9. The van der Waals surface area contributed by atoms with Crippen molar-refractivity contribution < 1.29 is 0 Å². The Hall–Kier alpha value is -0.850. The number of hydrogen-bond donors (Lipinski definition) is 2. The first-order chi connectivity index (χ1) is 9.04. The van der Waals surface area contributed by atoms with E-state index < -0.39 is 0 Å². The van der Waals surface area contributed by atoms with E-state index in [1.165, 1.54) is 5.56 Å². The minimum atomic E-state index is 0.559. The van der Waals surface area contributed by atoms with Gasteiger partial charge in [0.15, 0.2) is 5.11 Å². The van der Waals surface area contributed by atoms with Crippen molar-refractivity contribution in [3.05, 3.63) is 56.6 Å². The molecule has 0 aliphatic heterocycles. The fourth-order valence-corrected chi connectivity index (χ4v) is 2.70. The van der Waals surface area contributed by atoms with Crippen LogP contribution in [0.1, 0.15) is 5.56 Å². The highest BCUT2D eigenvalue weighted by atomic mass is 127. The summed E-state index contributed by atoms with van der Waals surface area (Å²) in [4.78, 5) is 0. The summed E-state index contributed by atoms with van der Waals surface area (Å²) < 4.78 is 1.14. The van der Waals surface area contributed by atoms with Crippen molar-refractivity contribution in [3.63, 3.8) is 0 Å². The number of hydrogen-bond acceptors (Lipinski definition) is 1. The van der Waals surface area contributed by atoms with Crippen LogP contribution in [0.3, 0.4) is 0 Å². The van der Waals surface area contributed by atoms with Gasteiger partial charge in [0.1, 0.15) is 0 Å². The largest absolute Gasteiger partial charge is 0.332 e. The van der Waals surface area contributed by atoms with Crippen LogP contribution in [0.5, 0.6) is 0 Å². The van der Waals surface area contributed by atoms with Crippen LogP contribution in [0.25, 0.3) is 0 Å². The zero-order chi connectivity index (χ0) is 13.8. The first kappa shape index (κ1) is 14.6. The Balaban J connectivity index is 2.03. The highest BCUT2D eigenvalue weighted by molar-refractivity contribution is 14.1. The van der Waals surface area contributed by atoms with E-state index in [0.717, 1.165) is 14.9 Å². The molecule has 0 unspecified atom stereocenters. The van der Waals surface area contributed by atoms with Crippen molar-refractivity contribution in [2.75, 3.05) is 10.6 Å². The molecular formula is C14H12ClIN2S. The molecule has 0 amide bonds. The number of rotatable bonds is 2. The molecule has 19 heavy (non-hydrogen) atoms. The van der Waals surface area contributed by atoms with E-state index >= 15 is 0 Å². The normalized spacial score (nSPS) is 10.1. The van der Waals surface area contributed by atoms with Gasteiger partial charge in [-0.15, -0.1) is 0 Å². The summed E-state index contributed by atoms with van der Waals surface area (Å²) in [7, 11) is 0. The minimum absolute atomic E-state index is 0.559. The average Bonchev–Trinajstić information content (AvgIpc) is 2.36. The molecule has 0 heterocycles. The molecule has 2 N–H and O–H groups in total. The predicted octanol–water partition coefficient (Wildman–Crippen LogP) is 5.06. The summed E-state index contributed by atoms with van der Waals surface area (Å²) in [5, 5.41) is 7.56. The minimum Gasteiger partial charge on any atom is -0.332 e. The van der Waals surface area contributed by atoms with Gasteiger partial charge in [-0.25, -0.2) is 0 Å². The lowest BCUT2D eigenvalue weighted by Gasteiger charge is -2.12. The lowest BCUT2D eigenvalue weighted by atomic mass is 10.2. The highest BCUT2D eigenvalue weighted by Crippen LogP contribution is 2.20. The molecule has 98 valence electrons. The molecule has 0 spiro atoms. The van der Waals surface area contributed by atoms with Crippen LogP contribution in [-0.4, -0.2) is 5.11 Å². The van der Waals surface area contributed by atoms with Crippen LogP contribution in [0.4, 0.5) is 11.4 Å². The number of thiocarbonyl (C=S) groups is 1. The van der Waals surface area contributed by atoms with Crippen molar-refractivity contribution in [1.29, 1.82) is 0 Å². The van der Waals surface area contributed by atoms with Gasteiger partial charge >= 0.3 is 0 Å². The average molecular weight is 403 g/mol. The van der Waals surface area contributed by atoms with E-state index in [2.05, 4.69) is 52.3 Å². The third kappa shape index (κ3) is 4.33. The second-order valence-electron chi connectivity index (χ2n) is 4.07. The molecule has 2 nitrogen and oxygen atoms in total. The maximum atomic E-state index is 5.84. The maximum absolute atomic E-state index is 5.84. The van der Waals surface area contributed by atoms with E-state index in [4.69, 9.17) is 23.8 Å². The molecule has 2 aromatic carbocycles. The van der Waals surface area contributed by atoms with Crippen molar-refractivity contribution in [3.8, 4) is 0 Å². The monoisotopic (exact) mass is 402 g/mol. The lowest BCUT2D eigenvalue weighted by molar-refractivity contribution is 1.44. The van der Waals surface area contributed by atoms with Gasteiger partial charge in [-0.1, -0.05) is 17.7 Å². The van der Waals surface area contributed by atoms with Gasteiger partial charge in [-0.05, 0) is 83.7 Å². The van der Waals surface area contributed by atoms with Crippen LogP contribution < -0.4 is 10.6 Å². The summed E-state index contributed by atoms with van der Waals surface area (Å²) in [6.45, 7) is 2.07. The van der Waals surface area contributed by atoms with E-state index in [1.54, 1.807) is 0 Å². The molecule has 0 saturated carbocycles. The van der Waals surface area contributed by atoms with E-state index in [9.17, 15) is 0 Å². The zero-order valence-electron chi connectivity index (χ0n) is 10.2. The SMILES string of the molecule is Cc1ccc(NC(=S)Nc2ccc(Cl)cc2)c(I)c1. The third-order valence-electron chi connectivity index (χ3n) is 2.47. The third-order valence-corrected chi connectivity index (χ3v) is 3.82. The van der Waals surface area contributed by atoms with Gasteiger partial charge in [0.25, 0.3) is 0 Å². The Labute approximate surface area is 136 Å². The Morgan fingerprint density at radius 2 is 1.79 bits per heavy atom. The molecule has 2 rings (SSSR count). The Morgan fingerprint density at radius 1 is 1.11 bits per heavy atom. The van der Waals surface area contributed by atoms with Crippen molar-refractivity contribution in [2.24, 2.45) is 0 Å². The maximum Gasteiger partial charge on any atom is 0.175 e. The standard InChI is InChI=1S/C14H12ClIN2S/c1-9-2-7-13(12(16)8-9)18-14(19)17-11-5-3-10(15)4-6-11/h2-8H,1H3,(H2,17,18,19). The van der Waals surface area contributed by atoms with E-state index in [0.29, 0.717) is 10.1 Å². The van der Waals surface area contributed by atoms with E-state index in [1.807, 2.05) is 30.3 Å². The Morgan fingerprint density at radius 3 is 2.42 bits per heavy atom. The van der Waals surface area contributed by atoms with Gasteiger partial charge in [-0.2, -0.15) is 0 Å². The van der Waals surface area contributed by atoms with Gasteiger partial charge < -0.3 is 10.6 Å². The molecular weight excluding hydrogens is 391 g/mol. The molecule has 0 aliphatic carbocycles. The van der Waals surface area contributed by atoms with Crippen molar-refractivity contribution in [2.45, 2.75) is 6.92 Å². The topological polar surface area (TPSA) is 24.1 Å². The van der Waals surface area contributed by atoms with Crippen molar-refractivity contribution >= 4 is 62.9 Å². The molecule has 0 saturated heterocycles. The molecule has 5 heteroatoms. The quantitative estimate of drug-likeness (QED) is 0.542. The van der Waals surface area contributed by atoms with Crippen LogP contribution in [0.2, 0.25) is 5.02 Å². The predicted molar refractivity (Wildman–Crippen MR) is 95.2 cm³/mol. The van der Waals surface area contributed by atoms with Crippen LogP contribution in [0, 0.1) is 10.5 Å². The number of aryl methyl sites for hydroxylation is 1. The van der Waals surface area contributed by atoms with Gasteiger partial charge in [0, 0.05) is 14.3 Å². The van der Waals surface area contributed by atoms with Crippen LogP contribution >= 0.6 is 46.4 Å². The van der Waals surface area contributed by atoms with Crippen LogP contribution in [-0.2, 0) is 0 Å². The van der Waals surface area contributed by atoms with Crippen LogP contribution in [0.15, 0.2) is 42.5 Å². The van der Waals surface area contributed by atoms with Gasteiger partial charge in [0.2, 0.25) is 0 Å². The van der Waals surface area contributed by atoms with Gasteiger partial charge in [0.05, 0.1) is 5.69 Å². The van der Waals surface area contributed by atoms with E-state index in [-0.39, 0.29) is 0 Å². The molecule has 0 bridgehead atoms. The number of anilines is 2. The molecule has 0 radical (unpaired) electrons. The summed E-state index contributed by atoms with van der Waals surface area (Å²) in [5.41, 5.74) is 3.13. The fraction of sp³-hybridized carbons (Fsp3) is 0.0714. The molecule has 0 atom stereocenters. The first-order valence-corrected chi connectivity index (χ1v) is 7.51. The second-order valence-corrected chi connectivity index (χ2v) is 6.08. The molecule has 0 aliphatic rings. The molecule has 0 fully saturated rings. The smallest absolute Gasteiger partial charge is 0.175 e. The Bertz CT molecular complexity index is 599. The number of nitrogens with one attached hydrogen (secondary N) is 2. The number of benzene rings is 2. The molecule has 0 aromatic heterocycles. The lowest BCUT2D eigenvalue weighted by Crippen LogP contribution is -2.19. The van der Waals surface area contributed by atoms with Crippen molar-refractivity contribution in [1.82, 2.24) is 0 Å². The summed E-state index contributed by atoms with van der Waals surface area (Å²) in [6, 6.07) is 13.6. The summed E-state index contributed by atoms with van der Waals surface area (Å²) in [6.07, 6.45) is 0. The highest BCUT2D eigenvalue weighted by Gasteiger charge is 2.03. The summed E-state index contributed by atoms with van der Waals surface area (Å²) >= 11 is 13.4. The summed E-state index contributed by atoms with van der Waals surface area (Å²) in [5.74, 6) is 0. The van der Waals surface area contributed by atoms with Gasteiger partial charge in [-0.3, -0.25) is 0 Å². The second kappa shape index (κ2) is 6.54. The Kier molecular flexibility index (Phi) is 5.01. The number of halogens is 2. The first-order valence-electron chi connectivity index (χ1n) is 5.64. The molecule has 2 aromatic rings.